The molecular weight excluding hydrogens is 358 g/mol. The number of carbonyl (C=O) groups is 1. The molecule has 2 aromatic rings. The third-order valence-electron chi connectivity index (χ3n) is 3.16. The third kappa shape index (κ3) is 4.27. The van der Waals surface area contributed by atoms with Crippen LogP contribution in [0, 0.1) is 0 Å². The molecule has 6 nitrogen and oxygen atoms in total. The van der Waals surface area contributed by atoms with Gasteiger partial charge in [-0.2, -0.15) is 0 Å². The maximum atomic E-state index is 12.1. The zero-order chi connectivity index (χ0) is 17.0. The Morgan fingerprint density at radius 2 is 2.04 bits per heavy atom. The van der Waals surface area contributed by atoms with Crippen molar-refractivity contribution in [3.8, 4) is 10.6 Å². The highest BCUT2D eigenvalue weighted by molar-refractivity contribution is 7.92. The van der Waals surface area contributed by atoms with Crippen molar-refractivity contribution in [2.75, 3.05) is 11.1 Å². The number of amides is 1. The number of hydrogen-bond acceptors (Lipinski definition) is 6. The van der Waals surface area contributed by atoms with E-state index in [1.807, 2.05) is 6.07 Å². The van der Waals surface area contributed by atoms with Gasteiger partial charge in [0.05, 0.1) is 10.8 Å². The highest BCUT2D eigenvalue weighted by atomic mass is 35.5. The maximum absolute atomic E-state index is 12.1. The van der Waals surface area contributed by atoms with E-state index >= 15 is 0 Å². The lowest BCUT2D eigenvalue weighted by Crippen LogP contribution is -2.34. The van der Waals surface area contributed by atoms with Crippen molar-refractivity contribution < 1.29 is 13.2 Å². The van der Waals surface area contributed by atoms with Crippen molar-refractivity contribution in [3.63, 3.8) is 0 Å². The summed E-state index contributed by atoms with van der Waals surface area (Å²) in [5, 5.41) is 10.5. The number of sulfone groups is 1. The van der Waals surface area contributed by atoms with Crippen molar-refractivity contribution in [1.82, 2.24) is 10.2 Å². The molecule has 0 radical (unpaired) electrons. The van der Waals surface area contributed by atoms with Gasteiger partial charge >= 0.3 is 0 Å². The van der Waals surface area contributed by atoms with Crippen LogP contribution in [0.3, 0.4) is 0 Å². The highest BCUT2D eigenvalue weighted by Gasteiger charge is 2.27. The maximum Gasteiger partial charge on any atom is 0.244 e. The first kappa shape index (κ1) is 17.8. The van der Waals surface area contributed by atoms with E-state index in [0.717, 1.165) is 11.3 Å². The summed E-state index contributed by atoms with van der Waals surface area (Å²) in [5.74, 6) is -0.636. The van der Waals surface area contributed by atoms with Crippen LogP contribution < -0.4 is 5.32 Å². The van der Waals surface area contributed by atoms with E-state index < -0.39 is 21.0 Å². The topological polar surface area (TPSA) is 89.0 Å². The normalized spacial score (nSPS) is 12.8. The SMILES string of the molecule is CCCS(=O)(=O)C(C)C(=O)Nc1nnc(-c2ccccc2Cl)s1. The number of hydrogen-bond donors (Lipinski definition) is 1. The Balaban J connectivity index is 2.13. The number of carbonyl (C=O) groups excluding carboxylic acids is 1. The molecule has 0 saturated carbocycles. The quantitative estimate of drug-likeness (QED) is 0.840. The van der Waals surface area contributed by atoms with Gasteiger partial charge in [0.15, 0.2) is 14.8 Å². The minimum absolute atomic E-state index is 0.0252. The first-order valence-corrected chi connectivity index (χ1v) is 9.87. The van der Waals surface area contributed by atoms with Gasteiger partial charge in [-0.3, -0.25) is 10.1 Å². The summed E-state index contributed by atoms with van der Waals surface area (Å²) in [6, 6.07) is 7.15. The van der Waals surface area contributed by atoms with E-state index in [9.17, 15) is 13.2 Å². The van der Waals surface area contributed by atoms with Crippen LogP contribution in [0.5, 0.6) is 0 Å². The minimum atomic E-state index is -3.46. The number of nitrogens with one attached hydrogen (secondary N) is 1. The lowest BCUT2D eigenvalue weighted by molar-refractivity contribution is -0.115. The minimum Gasteiger partial charge on any atom is -0.299 e. The summed E-state index contributed by atoms with van der Waals surface area (Å²) < 4.78 is 23.8. The molecule has 1 N–H and O–H groups in total. The van der Waals surface area contributed by atoms with Crippen molar-refractivity contribution in [3.05, 3.63) is 29.3 Å². The molecule has 2 rings (SSSR count). The molecular formula is C14H16ClN3O3S2. The number of anilines is 1. The molecule has 0 spiro atoms. The number of benzene rings is 1. The fourth-order valence-corrected chi connectivity index (χ4v) is 4.22. The molecule has 0 aliphatic heterocycles. The van der Waals surface area contributed by atoms with Crippen LogP contribution in [-0.4, -0.2) is 35.5 Å². The van der Waals surface area contributed by atoms with Crippen LogP contribution >= 0.6 is 22.9 Å². The molecule has 0 aliphatic rings. The van der Waals surface area contributed by atoms with Crippen LogP contribution in [0.4, 0.5) is 5.13 Å². The zero-order valence-electron chi connectivity index (χ0n) is 12.6. The van der Waals surface area contributed by atoms with E-state index in [2.05, 4.69) is 15.5 Å². The van der Waals surface area contributed by atoms with Crippen molar-refractivity contribution >= 4 is 43.8 Å². The predicted molar refractivity (Wildman–Crippen MR) is 92.5 cm³/mol. The molecule has 1 aromatic carbocycles. The Morgan fingerprint density at radius 1 is 1.35 bits per heavy atom. The molecule has 9 heteroatoms. The second-order valence-electron chi connectivity index (χ2n) is 4.89. The van der Waals surface area contributed by atoms with Crippen molar-refractivity contribution in [2.24, 2.45) is 0 Å². The smallest absolute Gasteiger partial charge is 0.244 e. The lowest BCUT2D eigenvalue weighted by Gasteiger charge is -2.10. The summed E-state index contributed by atoms with van der Waals surface area (Å²) in [6.07, 6.45) is 0.468. The lowest BCUT2D eigenvalue weighted by atomic mass is 10.2. The van der Waals surface area contributed by atoms with Gasteiger partial charge in [-0.1, -0.05) is 48.1 Å². The van der Waals surface area contributed by atoms with E-state index in [1.54, 1.807) is 25.1 Å². The predicted octanol–water partition coefficient (Wildman–Crippen LogP) is 3.01. The summed E-state index contributed by atoms with van der Waals surface area (Å²) in [4.78, 5) is 12.1. The van der Waals surface area contributed by atoms with Crippen LogP contribution in [0.2, 0.25) is 5.02 Å². The van der Waals surface area contributed by atoms with Gasteiger partial charge in [0.25, 0.3) is 0 Å². The Kier molecular flexibility index (Phi) is 5.72. The molecule has 23 heavy (non-hydrogen) atoms. The Morgan fingerprint density at radius 3 is 2.70 bits per heavy atom. The van der Waals surface area contributed by atoms with Gasteiger partial charge in [0.1, 0.15) is 5.25 Å². The molecule has 0 bridgehead atoms. The Labute approximate surface area is 143 Å². The summed E-state index contributed by atoms with van der Waals surface area (Å²) >= 11 is 7.23. The van der Waals surface area contributed by atoms with E-state index in [0.29, 0.717) is 22.0 Å². The van der Waals surface area contributed by atoms with Gasteiger partial charge in [0, 0.05) is 5.56 Å². The van der Waals surface area contributed by atoms with E-state index in [-0.39, 0.29) is 10.9 Å². The van der Waals surface area contributed by atoms with Crippen LogP contribution in [-0.2, 0) is 14.6 Å². The average molecular weight is 374 g/mol. The number of nitrogens with zero attached hydrogens (tertiary/aromatic N) is 2. The van der Waals surface area contributed by atoms with Gasteiger partial charge in [-0.15, -0.1) is 10.2 Å². The highest BCUT2D eigenvalue weighted by Crippen LogP contribution is 2.31. The second-order valence-corrected chi connectivity index (χ2v) is 8.72. The molecule has 1 aromatic heterocycles. The molecule has 1 amide bonds. The average Bonchev–Trinajstić information content (AvgIpc) is 2.95. The van der Waals surface area contributed by atoms with Gasteiger partial charge in [0.2, 0.25) is 11.0 Å². The van der Waals surface area contributed by atoms with Gasteiger partial charge in [-0.05, 0) is 19.4 Å². The molecule has 0 aliphatic carbocycles. The van der Waals surface area contributed by atoms with Gasteiger partial charge < -0.3 is 0 Å². The zero-order valence-corrected chi connectivity index (χ0v) is 15.0. The summed E-state index contributed by atoms with van der Waals surface area (Å²) in [5.41, 5.74) is 0.707. The van der Waals surface area contributed by atoms with Crippen LogP contribution in [0.1, 0.15) is 20.3 Å². The fraction of sp³-hybridized carbons (Fsp3) is 0.357. The largest absolute Gasteiger partial charge is 0.299 e. The van der Waals surface area contributed by atoms with E-state index in [4.69, 9.17) is 11.6 Å². The number of aromatic nitrogens is 2. The van der Waals surface area contributed by atoms with Crippen LogP contribution in [0.25, 0.3) is 10.6 Å². The standard InChI is InChI=1S/C14H16ClN3O3S2/c1-3-8-23(20,21)9(2)12(19)16-14-18-17-13(22-14)10-6-4-5-7-11(10)15/h4-7,9H,3,8H2,1-2H3,(H,16,18,19). The first-order chi connectivity index (χ1) is 10.8. The summed E-state index contributed by atoms with van der Waals surface area (Å²) in [6.45, 7) is 3.12. The number of halogens is 1. The molecule has 1 heterocycles. The first-order valence-electron chi connectivity index (χ1n) is 6.96. The number of rotatable bonds is 6. The monoisotopic (exact) mass is 373 g/mol. The van der Waals surface area contributed by atoms with Crippen molar-refractivity contribution in [2.45, 2.75) is 25.5 Å². The third-order valence-corrected chi connectivity index (χ3v) is 6.63. The summed E-state index contributed by atoms with van der Waals surface area (Å²) in [7, 11) is -3.46. The van der Waals surface area contributed by atoms with Crippen LogP contribution in [0.15, 0.2) is 24.3 Å². The fourth-order valence-electron chi connectivity index (χ4n) is 1.85. The molecule has 0 fully saturated rings. The second kappa shape index (κ2) is 7.37. The molecule has 0 saturated heterocycles. The van der Waals surface area contributed by atoms with Gasteiger partial charge in [-0.25, -0.2) is 8.42 Å². The van der Waals surface area contributed by atoms with E-state index in [1.165, 1.54) is 6.92 Å². The molecule has 124 valence electrons. The molecule has 1 unspecified atom stereocenters. The Bertz CT molecular complexity index is 805. The Hall–Kier alpha value is -1.51. The van der Waals surface area contributed by atoms with Crippen molar-refractivity contribution in [1.29, 1.82) is 0 Å². The molecule has 1 atom stereocenters.